The van der Waals surface area contributed by atoms with E-state index >= 15 is 0 Å². The van der Waals surface area contributed by atoms with Crippen molar-refractivity contribution in [3.63, 3.8) is 0 Å². The van der Waals surface area contributed by atoms with E-state index in [1.165, 1.54) is 18.4 Å². The minimum absolute atomic E-state index is 0.0109. The Morgan fingerprint density at radius 1 is 1.16 bits per heavy atom. The van der Waals surface area contributed by atoms with Gasteiger partial charge in [0.25, 0.3) is 5.91 Å². The number of aromatic nitrogens is 1. The Bertz CT molecular complexity index is 1650. The van der Waals surface area contributed by atoms with Crippen LogP contribution < -0.4 is 20.3 Å². The highest BCUT2D eigenvalue weighted by Gasteiger charge is 2.35. The third-order valence-electron chi connectivity index (χ3n) is 7.68. The molecule has 224 valence electrons. The molecule has 2 aromatic carbocycles. The predicted octanol–water partition coefficient (Wildman–Crippen LogP) is 4.60. The van der Waals surface area contributed by atoms with E-state index in [1.807, 2.05) is 55.5 Å². The monoisotopic (exact) mass is 603 g/mol. The quantitative estimate of drug-likeness (QED) is 0.218. The van der Waals surface area contributed by atoms with Crippen molar-refractivity contribution in [2.75, 3.05) is 37.0 Å². The van der Waals surface area contributed by atoms with Crippen molar-refractivity contribution in [3.05, 3.63) is 71.2 Å². The Kier molecular flexibility index (Phi) is 8.28. The molecule has 0 aliphatic carbocycles. The van der Waals surface area contributed by atoms with Crippen LogP contribution in [-0.2, 0) is 4.74 Å². The van der Waals surface area contributed by atoms with Crippen molar-refractivity contribution in [2.24, 2.45) is 0 Å². The molecule has 0 radical (unpaired) electrons. The molecule has 3 atom stereocenters. The van der Waals surface area contributed by atoms with Crippen LogP contribution in [0.1, 0.15) is 28.1 Å². The number of hydrogen-bond donors (Lipinski definition) is 4. The summed E-state index contributed by atoms with van der Waals surface area (Å²) in [5, 5.41) is 27.4. The van der Waals surface area contributed by atoms with E-state index in [-0.39, 0.29) is 24.6 Å². The number of pyridine rings is 1. The number of para-hydroxylation sites is 1. The molecule has 2 aromatic heterocycles. The summed E-state index contributed by atoms with van der Waals surface area (Å²) in [5.74, 6) is 1.05. The van der Waals surface area contributed by atoms with Crippen LogP contribution in [0.3, 0.4) is 0 Å². The molecule has 12 heteroatoms. The Morgan fingerprint density at radius 2 is 1.98 bits per heavy atom. The van der Waals surface area contributed by atoms with Gasteiger partial charge in [-0.3, -0.25) is 14.6 Å². The number of rotatable bonds is 9. The molecule has 11 nitrogen and oxygen atoms in total. The van der Waals surface area contributed by atoms with Gasteiger partial charge >= 0.3 is 6.03 Å². The molecule has 6 rings (SSSR count). The maximum Gasteiger partial charge on any atom is 0.331 e. The summed E-state index contributed by atoms with van der Waals surface area (Å²) >= 11 is 1.22. The number of aliphatic hydroxyl groups is 2. The molecule has 1 saturated heterocycles. The third kappa shape index (κ3) is 5.79. The number of urea groups is 1. The molecular weight excluding hydrogens is 570 g/mol. The minimum atomic E-state index is -1.09. The SMILES string of the molecule is COC[C@@H](O)C(O)N1CCC[C@@H](NC(=O)c2sc3nccc4c3c2NC(=O)N4c2ccc(Oc3ccccc3)cc2C)C1. The van der Waals surface area contributed by atoms with E-state index in [0.29, 0.717) is 51.0 Å². The van der Waals surface area contributed by atoms with Gasteiger partial charge in [-0.1, -0.05) is 18.2 Å². The predicted molar refractivity (Wildman–Crippen MR) is 164 cm³/mol. The lowest BCUT2D eigenvalue weighted by Gasteiger charge is -2.37. The molecule has 43 heavy (non-hydrogen) atoms. The second kappa shape index (κ2) is 12.3. The van der Waals surface area contributed by atoms with Crippen molar-refractivity contribution < 1.29 is 29.3 Å². The van der Waals surface area contributed by atoms with Crippen LogP contribution in [-0.4, -0.2) is 77.2 Å². The highest BCUT2D eigenvalue weighted by molar-refractivity contribution is 7.21. The Hall–Kier alpha value is -4.07. The first kappa shape index (κ1) is 29.0. The van der Waals surface area contributed by atoms with Crippen LogP contribution in [0.15, 0.2) is 60.8 Å². The van der Waals surface area contributed by atoms with Gasteiger partial charge in [0.1, 0.15) is 33.5 Å². The van der Waals surface area contributed by atoms with Crippen LogP contribution in [0.25, 0.3) is 10.2 Å². The number of benzene rings is 2. The van der Waals surface area contributed by atoms with Gasteiger partial charge in [-0.2, -0.15) is 0 Å². The minimum Gasteiger partial charge on any atom is -0.457 e. The lowest BCUT2D eigenvalue weighted by molar-refractivity contribution is -0.112. The van der Waals surface area contributed by atoms with Gasteiger partial charge in [0.05, 0.1) is 29.1 Å². The normalized spacial score (nSPS) is 18.3. The second-order valence-corrected chi connectivity index (χ2v) is 11.7. The number of nitrogens with one attached hydrogen (secondary N) is 2. The Morgan fingerprint density at radius 3 is 2.74 bits per heavy atom. The summed E-state index contributed by atoms with van der Waals surface area (Å²) in [4.78, 5) is 36.0. The standard InChI is InChI=1S/C31H33N5O6S/c1-18-15-21(42-20-8-4-3-5-9-20)10-11-22(18)36-23-12-13-32-29-25(23)26(34-31(36)40)27(43-29)28(38)33-19-7-6-14-35(16-19)30(39)24(37)17-41-2/h3-5,8-13,15,19,24,30,37,39H,6-7,14,16-17H2,1-2H3,(H,33,38)(H,34,40)/t19-,24-,30?/m1/s1. The first-order chi connectivity index (χ1) is 20.8. The number of carbonyl (C=O) groups is 2. The van der Waals surface area contributed by atoms with Crippen LogP contribution in [0, 0.1) is 6.92 Å². The molecule has 0 bridgehead atoms. The number of carbonyl (C=O) groups excluding carboxylic acids is 2. The maximum absolute atomic E-state index is 13.6. The van der Waals surface area contributed by atoms with Gasteiger partial charge in [0.15, 0.2) is 0 Å². The van der Waals surface area contributed by atoms with Crippen molar-refractivity contribution in [3.8, 4) is 11.5 Å². The van der Waals surface area contributed by atoms with E-state index in [2.05, 4.69) is 15.6 Å². The first-order valence-corrected chi connectivity index (χ1v) is 14.9. The van der Waals surface area contributed by atoms with Gasteiger partial charge in [0.2, 0.25) is 0 Å². The van der Waals surface area contributed by atoms with Crippen molar-refractivity contribution in [2.45, 2.75) is 38.1 Å². The molecule has 2 aliphatic rings. The van der Waals surface area contributed by atoms with Gasteiger partial charge < -0.3 is 30.3 Å². The third-order valence-corrected chi connectivity index (χ3v) is 8.78. The fourth-order valence-electron chi connectivity index (χ4n) is 5.67. The van der Waals surface area contributed by atoms with E-state index in [9.17, 15) is 19.8 Å². The molecule has 4 aromatic rings. The number of likely N-dealkylation sites (tertiary alicyclic amines) is 1. The Labute approximate surface area is 252 Å². The molecule has 2 aliphatic heterocycles. The van der Waals surface area contributed by atoms with Gasteiger partial charge in [-0.25, -0.2) is 9.78 Å². The average Bonchev–Trinajstić information content (AvgIpc) is 3.38. The topological polar surface area (TPSA) is 136 Å². The van der Waals surface area contributed by atoms with Crippen molar-refractivity contribution in [1.82, 2.24) is 15.2 Å². The molecular formula is C31H33N5O6S. The van der Waals surface area contributed by atoms with Crippen molar-refractivity contribution in [1.29, 1.82) is 0 Å². The number of piperidine rings is 1. The molecule has 1 unspecified atom stereocenters. The van der Waals surface area contributed by atoms with Crippen LogP contribution >= 0.6 is 11.3 Å². The van der Waals surface area contributed by atoms with Gasteiger partial charge in [-0.05, 0) is 61.7 Å². The van der Waals surface area contributed by atoms with E-state index in [1.54, 1.807) is 22.1 Å². The fraction of sp³-hybridized carbons (Fsp3) is 0.323. The molecule has 4 N–H and O–H groups in total. The number of anilines is 3. The molecule has 1 fully saturated rings. The summed E-state index contributed by atoms with van der Waals surface area (Å²) in [6.07, 6.45) is 0.962. The summed E-state index contributed by atoms with van der Waals surface area (Å²) in [7, 11) is 1.46. The maximum atomic E-state index is 13.6. The van der Waals surface area contributed by atoms with Crippen LogP contribution in [0.4, 0.5) is 21.9 Å². The molecule has 4 heterocycles. The largest absolute Gasteiger partial charge is 0.457 e. The van der Waals surface area contributed by atoms with Gasteiger partial charge in [0, 0.05) is 32.4 Å². The molecule has 0 spiro atoms. The van der Waals surface area contributed by atoms with Crippen molar-refractivity contribution >= 4 is 50.6 Å². The lowest BCUT2D eigenvalue weighted by Crippen LogP contribution is -2.54. The highest BCUT2D eigenvalue weighted by Crippen LogP contribution is 2.46. The molecule has 0 saturated carbocycles. The number of aryl methyl sites for hydroxylation is 1. The Balaban J connectivity index is 1.24. The van der Waals surface area contributed by atoms with Gasteiger partial charge in [-0.15, -0.1) is 11.3 Å². The average molecular weight is 604 g/mol. The number of nitrogens with zero attached hydrogens (tertiary/aromatic N) is 3. The van der Waals surface area contributed by atoms with Crippen LogP contribution in [0.5, 0.6) is 11.5 Å². The van der Waals surface area contributed by atoms with E-state index in [0.717, 1.165) is 24.2 Å². The zero-order valence-corrected chi connectivity index (χ0v) is 24.6. The lowest BCUT2D eigenvalue weighted by atomic mass is 10.0. The van der Waals surface area contributed by atoms with Crippen LogP contribution in [0.2, 0.25) is 0 Å². The number of aliphatic hydroxyl groups excluding tert-OH is 2. The number of hydrogen-bond acceptors (Lipinski definition) is 9. The summed E-state index contributed by atoms with van der Waals surface area (Å²) in [6.45, 7) is 2.90. The summed E-state index contributed by atoms with van der Waals surface area (Å²) < 4.78 is 10.9. The second-order valence-electron chi connectivity index (χ2n) is 10.7. The summed E-state index contributed by atoms with van der Waals surface area (Å²) in [6, 6.07) is 16.2. The van der Waals surface area contributed by atoms with E-state index in [4.69, 9.17) is 9.47 Å². The van der Waals surface area contributed by atoms with E-state index < -0.39 is 12.3 Å². The number of thiophene rings is 1. The first-order valence-electron chi connectivity index (χ1n) is 14.1. The smallest absolute Gasteiger partial charge is 0.331 e. The zero-order valence-electron chi connectivity index (χ0n) is 23.8. The summed E-state index contributed by atoms with van der Waals surface area (Å²) in [5.41, 5.74) is 2.60. The number of amides is 3. The highest BCUT2D eigenvalue weighted by atomic mass is 32.1. The number of ether oxygens (including phenoxy) is 2. The zero-order chi connectivity index (χ0) is 30.1. The fourth-order valence-corrected chi connectivity index (χ4v) is 6.69. The number of methoxy groups -OCH3 is 1. The molecule has 3 amide bonds.